The van der Waals surface area contributed by atoms with Gasteiger partial charge in [0.2, 0.25) is 0 Å². The first-order chi connectivity index (χ1) is 12.5. The average molecular weight is 363 g/mol. The van der Waals surface area contributed by atoms with Crippen LogP contribution in [0, 0.1) is 13.8 Å². The number of fused-ring (bicyclic) bond motifs is 1. The molecule has 2 aromatic heterocycles. The van der Waals surface area contributed by atoms with E-state index in [9.17, 15) is 4.79 Å². The van der Waals surface area contributed by atoms with Crippen LogP contribution in [0.15, 0.2) is 57.1 Å². The molecule has 0 radical (unpaired) electrons. The quantitative estimate of drug-likeness (QED) is 0.469. The molecule has 4 nitrogen and oxygen atoms in total. The highest BCUT2D eigenvalue weighted by Gasteiger charge is 2.13. The SMILES string of the molecule is COc1ccc2oc(=O)c(-c3nc(-c4ccc(C)c(C)c4)cs3)cc2c1. The molecular weight excluding hydrogens is 346 g/mol. The Balaban J connectivity index is 1.80. The summed E-state index contributed by atoms with van der Waals surface area (Å²) < 4.78 is 10.7. The summed E-state index contributed by atoms with van der Waals surface area (Å²) in [6.45, 7) is 4.16. The van der Waals surface area contributed by atoms with Crippen molar-refractivity contribution in [2.45, 2.75) is 13.8 Å². The molecule has 2 heterocycles. The molecule has 0 saturated heterocycles. The van der Waals surface area contributed by atoms with Crippen molar-refractivity contribution >= 4 is 22.3 Å². The molecule has 0 aliphatic heterocycles. The van der Waals surface area contributed by atoms with Gasteiger partial charge in [-0.05, 0) is 55.3 Å². The van der Waals surface area contributed by atoms with Crippen LogP contribution in [0.5, 0.6) is 5.75 Å². The Bertz CT molecular complexity index is 1170. The second kappa shape index (κ2) is 6.42. The molecule has 0 spiro atoms. The fourth-order valence-corrected chi connectivity index (χ4v) is 3.64. The third-order valence-electron chi connectivity index (χ3n) is 4.48. The van der Waals surface area contributed by atoms with Crippen molar-refractivity contribution < 1.29 is 9.15 Å². The van der Waals surface area contributed by atoms with Gasteiger partial charge in [-0.15, -0.1) is 11.3 Å². The second-order valence-electron chi connectivity index (χ2n) is 6.19. The molecule has 0 saturated carbocycles. The van der Waals surface area contributed by atoms with Crippen molar-refractivity contribution in [1.82, 2.24) is 4.98 Å². The number of nitrogens with zero attached hydrogens (tertiary/aromatic N) is 1. The lowest BCUT2D eigenvalue weighted by molar-refractivity contribution is 0.415. The van der Waals surface area contributed by atoms with Crippen LogP contribution in [0.4, 0.5) is 0 Å². The number of aromatic nitrogens is 1. The van der Waals surface area contributed by atoms with E-state index in [1.807, 2.05) is 17.5 Å². The number of ether oxygens (including phenoxy) is 1. The molecule has 0 unspecified atom stereocenters. The van der Waals surface area contributed by atoms with E-state index in [0.29, 0.717) is 21.9 Å². The highest BCUT2D eigenvalue weighted by Crippen LogP contribution is 2.30. The van der Waals surface area contributed by atoms with Gasteiger partial charge in [0.25, 0.3) is 0 Å². The van der Waals surface area contributed by atoms with Gasteiger partial charge in [0.15, 0.2) is 0 Å². The van der Waals surface area contributed by atoms with Crippen LogP contribution in [0.1, 0.15) is 11.1 Å². The van der Waals surface area contributed by atoms with Gasteiger partial charge in [0, 0.05) is 16.3 Å². The summed E-state index contributed by atoms with van der Waals surface area (Å²) in [5.41, 5.74) is 4.98. The van der Waals surface area contributed by atoms with Crippen LogP contribution >= 0.6 is 11.3 Å². The monoisotopic (exact) mass is 363 g/mol. The molecule has 0 aliphatic carbocycles. The zero-order valence-corrected chi connectivity index (χ0v) is 15.5. The summed E-state index contributed by atoms with van der Waals surface area (Å²) in [5.74, 6) is 0.715. The third kappa shape index (κ3) is 2.91. The van der Waals surface area contributed by atoms with Crippen LogP contribution in [0.3, 0.4) is 0 Å². The first-order valence-electron chi connectivity index (χ1n) is 8.20. The van der Waals surface area contributed by atoms with Gasteiger partial charge < -0.3 is 9.15 Å². The van der Waals surface area contributed by atoms with E-state index in [0.717, 1.165) is 16.6 Å². The maximum atomic E-state index is 12.4. The lowest BCUT2D eigenvalue weighted by atomic mass is 10.1. The molecule has 4 rings (SSSR count). The number of aryl methyl sites for hydroxylation is 2. The smallest absolute Gasteiger partial charge is 0.346 e. The Kier molecular flexibility index (Phi) is 4.09. The minimum atomic E-state index is -0.386. The maximum Gasteiger partial charge on any atom is 0.346 e. The van der Waals surface area contributed by atoms with E-state index >= 15 is 0 Å². The molecule has 0 atom stereocenters. The van der Waals surface area contributed by atoms with Crippen LogP contribution in [-0.4, -0.2) is 12.1 Å². The van der Waals surface area contributed by atoms with Gasteiger partial charge in [-0.2, -0.15) is 0 Å². The number of hydrogen-bond donors (Lipinski definition) is 0. The van der Waals surface area contributed by atoms with Crippen LogP contribution in [-0.2, 0) is 0 Å². The van der Waals surface area contributed by atoms with Gasteiger partial charge in [0.1, 0.15) is 16.3 Å². The molecule has 26 heavy (non-hydrogen) atoms. The lowest BCUT2D eigenvalue weighted by Crippen LogP contribution is -2.02. The molecule has 0 aliphatic rings. The number of hydrogen-bond acceptors (Lipinski definition) is 5. The van der Waals surface area contributed by atoms with Crippen LogP contribution < -0.4 is 10.4 Å². The molecule has 2 aromatic carbocycles. The van der Waals surface area contributed by atoms with Gasteiger partial charge in [-0.25, -0.2) is 9.78 Å². The number of benzene rings is 2. The summed E-state index contributed by atoms with van der Waals surface area (Å²) in [7, 11) is 1.61. The summed E-state index contributed by atoms with van der Waals surface area (Å²) in [5, 5.41) is 3.42. The van der Waals surface area contributed by atoms with E-state index in [1.54, 1.807) is 19.2 Å². The van der Waals surface area contributed by atoms with Crippen LogP contribution in [0.25, 0.3) is 32.8 Å². The molecule has 0 fully saturated rings. The summed E-state index contributed by atoms with van der Waals surface area (Å²) in [6.07, 6.45) is 0. The Morgan fingerprint density at radius 3 is 2.65 bits per heavy atom. The van der Waals surface area contributed by atoms with Gasteiger partial charge in [0.05, 0.1) is 18.4 Å². The molecule has 4 aromatic rings. The van der Waals surface area contributed by atoms with Crippen molar-refractivity contribution in [3.8, 4) is 27.6 Å². The Labute approximate surface area is 154 Å². The Morgan fingerprint density at radius 2 is 1.88 bits per heavy atom. The molecule has 0 amide bonds. The minimum Gasteiger partial charge on any atom is -0.497 e. The predicted octanol–water partition coefficient (Wildman–Crippen LogP) is 5.21. The van der Waals surface area contributed by atoms with Gasteiger partial charge in [-0.1, -0.05) is 12.1 Å². The van der Waals surface area contributed by atoms with Crippen molar-refractivity contribution in [3.05, 3.63) is 69.4 Å². The Morgan fingerprint density at radius 1 is 1.04 bits per heavy atom. The topological polar surface area (TPSA) is 52.3 Å². The first-order valence-corrected chi connectivity index (χ1v) is 9.08. The average Bonchev–Trinajstić information content (AvgIpc) is 3.13. The number of methoxy groups -OCH3 is 1. The number of rotatable bonds is 3. The molecule has 0 bridgehead atoms. The van der Waals surface area contributed by atoms with E-state index < -0.39 is 0 Å². The van der Waals surface area contributed by atoms with Crippen molar-refractivity contribution in [1.29, 1.82) is 0 Å². The fraction of sp³-hybridized carbons (Fsp3) is 0.143. The van der Waals surface area contributed by atoms with Crippen LogP contribution in [0.2, 0.25) is 0 Å². The molecular formula is C21H17NO3S. The molecule has 130 valence electrons. The van der Waals surface area contributed by atoms with Gasteiger partial charge in [-0.3, -0.25) is 0 Å². The fourth-order valence-electron chi connectivity index (χ4n) is 2.81. The summed E-state index contributed by atoms with van der Waals surface area (Å²) in [4.78, 5) is 17.1. The van der Waals surface area contributed by atoms with E-state index in [2.05, 4.69) is 37.0 Å². The van der Waals surface area contributed by atoms with Crippen molar-refractivity contribution in [3.63, 3.8) is 0 Å². The zero-order chi connectivity index (χ0) is 18.3. The van der Waals surface area contributed by atoms with Crippen molar-refractivity contribution in [2.24, 2.45) is 0 Å². The lowest BCUT2D eigenvalue weighted by Gasteiger charge is -2.03. The third-order valence-corrected chi connectivity index (χ3v) is 5.35. The zero-order valence-electron chi connectivity index (χ0n) is 14.7. The normalized spacial score (nSPS) is 11.0. The van der Waals surface area contributed by atoms with Crippen molar-refractivity contribution in [2.75, 3.05) is 7.11 Å². The van der Waals surface area contributed by atoms with E-state index in [-0.39, 0.29) is 5.63 Å². The van der Waals surface area contributed by atoms with E-state index in [4.69, 9.17) is 9.15 Å². The van der Waals surface area contributed by atoms with Gasteiger partial charge >= 0.3 is 5.63 Å². The standard InChI is InChI=1S/C21H17NO3S/c1-12-4-5-14(8-13(12)2)18-11-26-20(22-18)17-10-15-9-16(24-3)6-7-19(15)25-21(17)23/h4-11H,1-3H3. The maximum absolute atomic E-state index is 12.4. The minimum absolute atomic E-state index is 0.386. The largest absolute Gasteiger partial charge is 0.497 e. The van der Waals surface area contributed by atoms with E-state index in [1.165, 1.54) is 22.5 Å². The highest BCUT2D eigenvalue weighted by molar-refractivity contribution is 7.13. The Hall–Kier alpha value is -2.92. The first kappa shape index (κ1) is 16.5. The summed E-state index contributed by atoms with van der Waals surface area (Å²) in [6, 6.07) is 13.4. The predicted molar refractivity (Wildman–Crippen MR) is 105 cm³/mol. The summed E-state index contributed by atoms with van der Waals surface area (Å²) >= 11 is 1.44. The highest BCUT2D eigenvalue weighted by atomic mass is 32.1. The molecule has 5 heteroatoms. The number of thiazole rings is 1. The molecule has 0 N–H and O–H groups in total. The second-order valence-corrected chi connectivity index (χ2v) is 7.05.